The van der Waals surface area contributed by atoms with Gasteiger partial charge in [0.2, 0.25) is 17.7 Å². The summed E-state index contributed by atoms with van der Waals surface area (Å²) < 4.78 is 19.5. The summed E-state index contributed by atoms with van der Waals surface area (Å²) >= 11 is 0. The highest BCUT2D eigenvalue weighted by molar-refractivity contribution is 5.94. The largest absolute Gasteiger partial charge is 0.481 e. The molecule has 2 aliphatic carbocycles. The summed E-state index contributed by atoms with van der Waals surface area (Å²) in [7, 11) is 3.36. The highest BCUT2D eigenvalue weighted by atomic mass is 19.1. The molecule has 3 amide bonds. The van der Waals surface area contributed by atoms with E-state index in [-0.39, 0.29) is 52.2 Å². The Morgan fingerprint density at radius 3 is 2.56 bits per heavy atom. The van der Waals surface area contributed by atoms with E-state index in [4.69, 9.17) is 4.74 Å². The number of aromatic nitrogens is 3. The van der Waals surface area contributed by atoms with Crippen molar-refractivity contribution in [3.63, 3.8) is 0 Å². The van der Waals surface area contributed by atoms with Crippen LogP contribution in [-0.4, -0.2) is 80.5 Å². The molecule has 6 rings (SSSR count). The molecule has 2 saturated heterocycles. The molecule has 2 N–H and O–H groups in total. The molecule has 11 heteroatoms. The van der Waals surface area contributed by atoms with Crippen molar-refractivity contribution in [2.75, 3.05) is 20.7 Å². The van der Waals surface area contributed by atoms with Gasteiger partial charge in [0, 0.05) is 54.7 Å². The summed E-state index contributed by atoms with van der Waals surface area (Å²) in [5.41, 5.74) is 0.466. The van der Waals surface area contributed by atoms with Gasteiger partial charge in [-0.2, -0.15) is 5.10 Å². The normalized spacial score (nSPS) is 27.7. The molecule has 2 aromatic heterocycles. The minimum atomic E-state index is -0.552. The van der Waals surface area contributed by atoms with Gasteiger partial charge in [0.05, 0.1) is 19.0 Å². The lowest BCUT2D eigenvalue weighted by atomic mass is 9.77. The van der Waals surface area contributed by atoms with Gasteiger partial charge in [-0.1, -0.05) is 0 Å². The number of nitrogens with one attached hydrogen (secondary N) is 2. The number of hydrogen-bond acceptors (Lipinski definition) is 6. The lowest BCUT2D eigenvalue weighted by molar-refractivity contribution is -0.131. The van der Waals surface area contributed by atoms with E-state index < -0.39 is 5.82 Å². The summed E-state index contributed by atoms with van der Waals surface area (Å²) in [6.07, 6.45) is 9.23. The van der Waals surface area contributed by atoms with Crippen molar-refractivity contribution in [1.82, 2.24) is 30.3 Å². The molecule has 2 saturated carbocycles. The number of piperidine rings is 1. The predicted octanol–water partition coefficient (Wildman–Crippen LogP) is 3.05. The summed E-state index contributed by atoms with van der Waals surface area (Å²) in [6.45, 7) is 0.489. The Hall–Kier alpha value is -3.50. The third kappa shape index (κ3) is 4.55. The quantitative estimate of drug-likeness (QED) is 0.604. The van der Waals surface area contributed by atoms with Gasteiger partial charge in [-0.3, -0.25) is 19.5 Å². The number of halogens is 1. The zero-order valence-corrected chi connectivity index (χ0v) is 22.5. The number of likely N-dealkylation sites (tertiary alicyclic amines) is 2. The molecular formula is C28H35FN6O4. The number of carbonyl (C=O) groups is 3. The molecule has 10 nitrogen and oxygen atoms in total. The third-order valence-corrected chi connectivity index (χ3v) is 9.62. The van der Waals surface area contributed by atoms with Crippen LogP contribution in [0.15, 0.2) is 18.3 Å². The first-order valence-corrected chi connectivity index (χ1v) is 13.9. The van der Waals surface area contributed by atoms with Crippen LogP contribution in [0.3, 0.4) is 0 Å². The van der Waals surface area contributed by atoms with E-state index >= 15 is 0 Å². The molecule has 0 bridgehead atoms. The smallest absolute Gasteiger partial charge is 0.272 e. The van der Waals surface area contributed by atoms with E-state index in [1.165, 1.54) is 13.2 Å². The molecule has 4 heterocycles. The highest BCUT2D eigenvalue weighted by Gasteiger charge is 2.55. The summed E-state index contributed by atoms with van der Waals surface area (Å²) in [5.74, 6) is -0.295. The van der Waals surface area contributed by atoms with Crippen LogP contribution in [0.2, 0.25) is 0 Å². The Labute approximate surface area is 226 Å². The molecule has 2 aromatic rings. The van der Waals surface area contributed by atoms with Crippen LogP contribution < -0.4 is 10.1 Å². The Morgan fingerprint density at radius 2 is 1.90 bits per heavy atom. The van der Waals surface area contributed by atoms with Gasteiger partial charge in [-0.05, 0) is 63.9 Å². The predicted molar refractivity (Wildman–Crippen MR) is 139 cm³/mol. The standard InChI is InChI=1S/C28H35FN6O4/c1-34-24(36)5-9-27(34)7-3-18(4-8-27)31-25(37)17-6-12-35(28(15-17)10-11-28)26(38)22-14-21(32-33-22)19-13-23(39-2)30-16-20(19)29/h13-14,16-18H,3-12,15H2,1-2H3,(H,31,37)(H,32,33)/t17-,18?,27?/m1/s1. The van der Waals surface area contributed by atoms with Crippen LogP contribution in [0.4, 0.5) is 4.39 Å². The minimum Gasteiger partial charge on any atom is -0.481 e. The van der Waals surface area contributed by atoms with E-state index in [1.54, 1.807) is 6.07 Å². The first-order chi connectivity index (χ1) is 18.7. The van der Waals surface area contributed by atoms with Gasteiger partial charge in [0.15, 0.2) is 5.82 Å². The van der Waals surface area contributed by atoms with Gasteiger partial charge in [0.1, 0.15) is 5.69 Å². The second-order valence-electron chi connectivity index (χ2n) is 11.7. The van der Waals surface area contributed by atoms with E-state index in [0.717, 1.165) is 51.1 Å². The highest BCUT2D eigenvalue weighted by Crippen LogP contribution is 2.50. The molecule has 2 aliphatic heterocycles. The number of methoxy groups -OCH3 is 1. The van der Waals surface area contributed by atoms with Crippen LogP contribution in [0.1, 0.15) is 74.7 Å². The SMILES string of the molecule is COc1cc(-c2cc(C(=O)N3CC[C@@H](C(=O)NC4CCC5(CCC(=O)N5C)CC4)CC34CC4)[nH]n2)c(F)cn1. The number of carbonyl (C=O) groups excluding carboxylic acids is 3. The van der Waals surface area contributed by atoms with Gasteiger partial charge < -0.3 is 19.9 Å². The summed E-state index contributed by atoms with van der Waals surface area (Å²) in [6, 6.07) is 3.14. The van der Waals surface area contributed by atoms with E-state index in [1.807, 2.05) is 16.8 Å². The molecular weight excluding hydrogens is 503 g/mol. The number of aromatic amines is 1. The Bertz CT molecular complexity index is 1300. The number of amides is 3. The summed E-state index contributed by atoms with van der Waals surface area (Å²) in [5, 5.41) is 10.2. The van der Waals surface area contributed by atoms with Crippen molar-refractivity contribution in [3.05, 3.63) is 29.8 Å². The average molecular weight is 539 g/mol. The number of ether oxygens (including phenoxy) is 1. The van der Waals surface area contributed by atoms with Crippen molar-refractivity contribution in [2.24, 2.45) is 5.92 Å². The zero-order valence-electron chi connectivity index (χ0n) is 22.5. The van der Waals surface area contributed by atoms with Crippen LogP contribution in [-0.2, 0) is 9.59 Å². The van der Waals surface area contributed by atoms with Crippen LogP contribution in [0.5, 0.6) is 5.88 Å². The molecule has 1 atom stereocenters. The number of hydrogen-bond donors (Lipinski definition) is 2. The van der Waals surface area contributed by atoms with Gasteiger partial charge in [-0.25, -0.2) is 9.37 Å². The number of H-pyrrole nitrogens is 1. The Morgan fingerprint density at radius 1 is 1.13 bits per heavy atom. The maximum absolute atomic E-state index is 14.4. The second-order valence-corrected chi connectivity index (χ2v) is 11.7. The lowest BCUT2D eigenvalue weighted by Gasteiger charge is -2.43. The third-order valence-electron chi connectivity index (χ3n) is 9.62. The fourth-order valence-corrected chi connectivity index (χ4v) is 6.94. The van der Waals surface area contributed by atoms with Crippen molar-refractivity contribution in [1.29, 1.82) is 0 Å². The molecule has 0 radical (unpaired) electrons. The lowest BCUT2D eigenvalue weighted by Crippen LogP contribution is -2.53. The van der Waals surface area contributed by atoms with Crippen LogP contribution >= 0.6 is 0 Å². The maximum atomic E-state index is 14.4. The maximum Gasteiger partial charge on any atom is 0.272 e. The summed E-state index contributed by atoms with van der Waals surface area (Å²) in [4.78, 5) is 46.4. The van der Waals surface area contributed by atoms with E-state index in [0.29, 0.717) is 37.2 Å². The molecule has 0 aromatic carbocycles. The van der Waals surface area contributed by atoms with Gasteiger partial charge >= 0.3 is 0 Å². The van der Waals surface area contributed by atoms with Crippen molar-refractivity contribution in [3.8, 4) is 17.1 Å². The fraction of sp³-hybridized carbons (Fsp3) is 0.607. The van der Waals surface area contributed by atoms with Crippen molar-refractivity contribution < 1.29 is 23.5 Å². The first-order valence-electron chi connectivity index (χ1n) is 13.9. The van der Waals surface area contributed by atoms with Crippen molar-refractivity contribution in [2.45, 2.75) is 81.3 Å². The van der Waals surface area contributed by atoms with Crippen LogP contribution in [0.25, 0.3) is 11.3 Å². The molecule has 0 unspecified atom stereocenters. The number of rotatable bonds is 5. The van der Waals surface area contributed by atoms with E-state index in [9.17, 15) is 18.8 Å². The Balaban J connectivity index is 1.07. The van der Waals surface area contributed by atoms with Crippen LogP contribution in [0, 0.1) is 11.7 Å². The monoisotopic (exact) mass is 538 g/mol. The zero-order chi connectivity index (χ0) is 27.4. The van der Waals surface area contributed by atoms with Crippen molar-refractivity contribution >= 4 is 17.7 Å². The fourth-order valence-electron chi connectivity index (χ4n) is 6.94. The van der Waals surface area contributed by atoms with E-state index in [2.05, 4.69) is 20.5 Å². The number of nitrogens with zero attached hydrogens (tertiary/aromatic N) is 4. The topological polar surface area (TPSA) is 121 Å². The molecule has 2 spiro atoms. The molecule has 4 fully saturated rings. The Kier molecular flexibility index (Phi) is 6.34. The average Bonchev–Trinajstić information content (AvgIpc) is 3.42. The second kappa shape index (κ2) is 9.60. The molecule has 4 aliphatic rings. The van der Waals surface area contributed by atoms with Gasteiger partial charge in [-0.15, -0.1) is 0 Å². The molecule has 208 valence electrons. The van der Waals surface area contributed by atoms with Gasteiger partial charge in [0.25, 0.3) is 5.91 Å². The minimum absolute atomic E-state index is 0.0239. The first kappa shape index (κ1) is 25.8. The molecule has 39 heavy (non-hydrogen) atoms. The number of pyridine rings is 1.